The van der Waals surface area contributed by atoms with Crippen LogP contribution in [0.2, 0.25) is 0 Å². The highest BCUT2D eigenvalue weighted by Crippen LogP contribution is 2.32. The van der Waals surface area contributed by atoms with Crippen molar-refractivity contribution in [1.82, 2.24) is 9.97 Å². The first-order valence-corrected chi connectivity index (χ1v) is 8.33. The standard InChI is InChI=1S/C18H21N3O2/c1-2-6-17-16(5-1)22-13-14(23-17)7-8-15-18(20-10-9-19-15)21-11-3-4-12-21/h1-2,5-6,9-10,14H,3-4,7-8,11-13H2. The molecule has 3 heterocycles. The Hall–Kier alpha value is -2.30. The minimum atomic E-state index is 0.0679. The van der Waals surface area contributed by atoms with E-state index < -0.39 is 0 Å². The van der Waals surface area contributed by atoms with E-state index in [2.05, 4.69) is 14.9 Å². The summed E-state index contributed by atoms with van der Waals surface area (Å²) < 4.78 is 11.8. The molecule has 0 saturated carbocycles. The quantitative estimate of drug-likeness (QED) is 0.869. The van der Waals surface area contributed by atoms with Crippen LogP contribution in [0.1, 0.15) is 25.0 Å². The Kier molecular flexibility index (Phi) is 4.01. The molecule has 1 saturated heterocycles. The third kappa shape index (κ3) is 3.09. The number of hydrogen-bond acceptors (Lipinski definition) is 5. The van der Waals surface area contributed by atoms with Gasteiger partial charge in [-0.05, 0) is 37.8 Å². The molecule has 1 unspecified atom stereocenters. The van der Waals surface area contributed by atoms with Crippen molar-refractivity contribution < 1.29 is 9.47 Å². The van der Waals surface area contributed by atoms with Crippen LogP contribution in [0.3, 0.4) is 0 Å². The average Bonchev–Trinajstić information content (AvgIpc) is 3.14. The van der Waals surface area contributed by atoms with Crippen molar-refractivity contribution in [2.24, 2.45) is 0 Å². The van der Waals surface area contributed by atoms with Crippen LogP contribution < -0.4 is 14.4 Å². The summed E-state index contributed by atoms with van der Waals surface area (Å²) in [5, 5.41) is 0. The molecule has 1 aromatic heterocycles. The Labute approximate surface area is 136 Å². The summed E-state index contributed by atoms with van der Waals surface area (Å²) >= 11 is 0. The van der Waals surface area contributed by atoms with Gasteiger partial charge in [0.2, 0.25) is 0 Å². The Morgan fingerprint density at radius 2 is 1.83 bits per heavy atom. The van der Waals surface area contributed by atoms with Crippen molar-refractivity contribution in [3.05, 3.63) is 42.4 Å². The number of anilines is 1. The van der Waals surface area contributed by atoms with Gasteiger partial charge >= 0.3 is 0 Å². The van der Waals surface area contributed by atoms with E-state index in [9.17, 15) is 0 Å². The molecule has 120 valence electrons. The number of nitrogens with zero attached hydrogens (tertiary/aromatic N) is 3. The number of ether oxygens (including phenoxy) is 2. The van der Waals surface area contributed by atoms with Gasteiger partial charge < -0.3 is 14.4 Å². The number of benzene rings is 1. The normalized spacial score (nSPS) is 19.8. The molecule has 2 aliphatic rings. The second-order valence-corrected chi connectivity index (χ2v) is 6.06. The zero-order valence-corrected chi connectivity index (χ0v) is 13.1. The lowest BCUT2D eigenvalue weighted by Gasteiger charge is -2.26. The van der Waals surface area contributed by atoms with E-state index in [1.807, 2.05) is 24.3 Å². The van der Waals surface area contributed by atoms with Gasteiger partial charge in [0.05, 0.1) is 5.69 Å². The molecule has 4 rings (SSSR count). The molecule has 2 aliphatic heterocycles. The van der Waals surface area contributed by atoms with Gasteiger partial charge in [0.25, 0.3) is 0 Å². The third-order valence-electron chi connectivity index (χ3n) is 4.43. The first kappa shape index (κ1) is 14.3. The summed E-state index contributed by atoms with van der Waals surface area (Å²) in [6, 6.07) is 7.84. The molecule has 23 heavy (non-hydrogen) atoms. The number of rotatable bonds is 4. The third-order valence-corrected chi connectivity index (χ3v) is 4.43. The number of aryl methyl sites for hydroxylation is 1. The van der Waals surface area contributed by atoms with E-state index in [0.29, 0.717) is 6.61 Å². The van der Waals surface area contributed by atoms with Gasteiger partial charge in [-0.2, -0.15) is 0 Å². The van der Waals surface area contributed by atoms with Gasteiger partial charge in [0.1, 0.15) is 18.5 Å². The van der Waals surface area contributed by atoms with Crippen LogP contribution in [-0.2, 0) is 6.42 Å². The summed E-state index contributed by atoms with van der Waals surface area (Å²) in [6.07, 6.45) is 7.86. The molecular formula is C18H21N3O2. The molecule has 0 aliphatic carbocycles. The van der Waals surface area contributed by atoms with Crippen LogP contribution in [0.4, 0.5) is 5.82 Å². The smallest absolute Gasteiger partial charge is 0.161 e. The highest BCUT2D eigenvalue weighted by molar-refractivity contribution is 5.44. The van der Waals surface area contributed by atoms with Crippen molar-refractivity contribution in [3.8, 4) is 11.5 Å². The van der Waals surface area contributed by atoms with Crippen molar-refractivity contribution in [1.29, 1.82) is 0 Å². The monoisotopic (exact) mass is 311 g/mol. The van der Waals surface area contributed by atoms with E-state index in [1.165, 1.54) is 12.8 Å². The molecule has 1 atom stereocenters. The number of aromatic nitrogens is 2. The van der Waals surface area contributed by atoms with Gasteiger partial charge in [0.15, 0.2) is 11.5 Å². The largest absolute Gasteiger partial charge is 0.486 e. The topological polar surface area (TPSA) is 47.5 Å². The molecule has 0 spiro atoms. The SMILES string of the molecule is c1ccc2c(c1)OCC(CCc1nccnc1N1CCCC1)O2. The number of para-hydroxylation sites is 2. The molecule has 5 heteroatoms. The maximum absolute atomic E-state index is 6.03. The molecule has 5 nitrogen and oxygen atoms in total. The van der Waals surface area contributed by atoms with Crippen LogP contribution in [-0.4, -0.2) is 35.8 Å². The number of fused-ring (bicyclic) bond motifs is 1. The lowest BCUT2D eigenvalue weighted by molar-refractivity contribution is 0.0849. The second kappa shape index (κ2) is 6.44. The fourth-order valence-corrected chi connectivity index (χ4v) is 3.23. The Morgan fingerprint density at radius 3 is 2.70 bits per heavy atom. The number of hydrogen-bond donors (Lipinski definition) is 0. The second-order valence-electron chi connectivity index (χ2n) is 6.06. The van der Waals surface area contributed by atoms with E-state index in [4.69, 9.17) is 9.47 Å². The van der Waals surface area contributed by atoms with Crippen LogP contribution in [0.5, 0.6) is 11.5 Å². The molecule has 0 N–H and O–H groups in total. The fourth-order valence-electron chi connectivity index (χ4n) is 3.23. The summed E-state index contributed by atoms with van der Waals surface area (Å²) in [5.74, 6) is 2.71. The molecule has 1 fully saturated rings. The van der Waals surface area contributed by atoms with Crippen LogP contribution in [0, 0.1) is 0 Å². The predicted octanol–water partition coefficient (Wildman–Crippen LogP) is 2.85. The van der Waals surface area contributed by atoms with E-state index in [0.717, 1.165) is 48.9 Å². The Bertz CT molecular complexity index is 671. The van der Waals surface area contributed by atoms with Crippen LogP contribution >= 0.6 is 0 Å². The molecule has 0 bridgehead atoms. The molecule has 2 aromatic rings. The summed E-state index contributed by atoms with van der Waals surface area (Å²) in [4.78, 5) is 11.4. The van der Waals surface area contributed by atoms with Crippen molar-refractivity contribution in [3.63, 3.8) is 0 Å². The van der Waals surface area contributed by atoms with Gasteiger partial charge in [-0.3, -0.25) is 4.98 Å². The van der Waals surface area contributed by atoms with Crippen LogP contribution in [0.15, 0.2) is 36.7 Å². The summed E-state index contributed by atoms with van der Waals surface area (Å²) in [6.45, 7) is 2.76. The molecular weight excluding hydrogens is 290 g/mol. The lowest BCUT2D eigenvalue weighted by Crippen LogP contribution is -2.30. The first-order valence-electron chi connectivity index (χ1n) is 8.33. The summed E-state index contributed by atoms with van der Waals surface area (Å²) in [7, 11) is 0. The van der Waals surface area contributed by atoms with Gasteiger partial charge in [-0.1, -0.05) is 12.1 Å². The maximum atomic E-state index is 6.03. The van der Waals surface area contributed by atoms with Crippen molar-refractivity contribution >= 4 is 5.82 Å². The molecule has 0 radical (unpaired) electrons. The van der Waals surface area contributed by atoms with E-state index >= 15 is 0 Å². The zero-order chi connectivity index (χ0) is 15.5. The highest BCUT2D eigenvalue weighted by Gasteiger charge is 2.22. The van der Waals surface area contributed by atoms with Crippen molar-refractivity contribution in [2.75, 3.05) is 24.6 Å². The molecule has 1 aromatic carbocycles. The predicted molar refractivity (Wildman–Crippen MR) is 88.2 cm³/mol. The average molecular weight is 311 g/mol. The minimum Gasteiger partial charge on any atom is -0.486 e. The van der Waals surface area contributed by atoms with Gasteiger partial charge in [0, 0.05) is 25.5 Å². The first-order chi connectivity index (χ1) is 11.4. The van der Waals surface area contributed by atoms with Crippen LogP contribution in [0.25, 0.3) is 0 Å². The Morgan fingerprint density at radius 1 is 1.04 bits per heavy atom. The fraction of sp³-hybridized carbons (Fsp3) is 0.444. The Balaban J connectivity index is 1.42. The molecule has 0 amide bonds. The van der Waals surface area contributed by atoms with E-state index in [-0.39, 0.29) is 6.10 Å². The van der Waals surface area contributed by atoms with Crippen molar-refractivity contribution in [2.45, 2.75) is 31.8 Å². The summed E-state index contributed by atoms with van der Waals surface area (Å²) in [5.41, 5.74) is 1.07. The zero-order valence-electron chi connectivity index (χ0n) is 13.1. The van der Waals surface area contributed by atoms with Gasteiger partial charge in [-0.25, -0.2) is 4.98 Å². The van der Waals surface area contributed by atoms with E-state index in [1.54, 1.807) is 12.4 Å². The highest BCUT2D eigenvalue weighted by atomic mass is 16.6. The minimum absolute atomic E-state index is 0.0679. The lowest BCUT2D eigenvalue weighted by atomic mass is 10.1. The van der Waals surface area contributed by atoms with Gasteiger partial charge in [-0.15, -0.1) is 0 Å². The maximum Gasteiger partial charge on any atom is 0.161 e.